The number of aromatic nitrogens is 3. The van der Waals surface area contributed by atoms with Crippen LogP contribution >= 0.6 is 11.8 Å². The number of halogens is 1. The van der Waals surface area contributed by atoms with Gasteiger partial charge in [-0.05, 0) is 17.7 Å². The number of hydrogen-bond acceptors (Lipinski definition) is 4. The number of thioether (sulfide) groups is 1. The average molecular weight is 276 g/mol. The van der Waals surface area contributed by atoms with Crippen LogP contribution in [0, 0.1) is 17.7 Å². The van der Waals surface area contributed by atoms with Gasteiger partial charge in [0.15, 0.2) is 5.16 Å². The predicted molar refractivity (Wildman–Crippen MR) is 72.9 cm³/mol. The van der Waals surface area contributed by atoms with Gasteiger partial charge in [0.05, 0.1) is 12.1 Å². The van der Waals surface area contributed by atoms with Crippen LogP contribution in [0.4, 0.5) is 4.39 Å². The van der Waals surface area contributed by atoms with E-state index in [1.807, 2.05) is 11.6 Å². The zero-order valence-electron chi connectivity index (χ0n) is 10.4. The molecule has 0 fully saturated rings. The van der Waals surface area contributed by atoms with Crippen molar-refractivity contribution in [2.75, 3.05) is 6.54 Å². The molecule has 0 saturated carbocycles. The van der Waals surface area contributed by atoms with Crippen LogP contribution in [0.1, 0.15) is 11.1 Å². The molecule has 0 radical (unpaired) electrons. The summed E-state index contributed by atoms with van der Waals surface area (Å²) in [5.74, 6) is 5.74. The minimum absolute atomic E-state index is 0.220. The Balaban J connectivity index is 2.11. The second kappa shape index (κ2) is 6.36. The van der Waals surface area contributed by atoms with E-state index in [4.69, 9.17) is 5.73 Å². The van der Waals surface area contributed by atoms with Crippen molar-refractivity contribution in [2.24, 2.45) is 12.8 Å². The van der Waals surface area contributed by atoms with Crippen molar-refractivity contribution in [1.82, 2.24) is 14.8 Å². The van der Waals surface area contributed by atoms with Gasteiger partial charge in [0.25, 0.3) is 0 Å². The molecular weight excluding hydrogens is 263 g/mol. The molecule has 2 aromatic rings. The highest BCUT2D eigenvalue weighted by molar-refractivity contribution is 7.98. The third kappa shape index (κ3) is 3.56. The Hall–Kier alpha value is -1.84. The van der Waals surface area contributed by atoms with Crippen molar-refractivity contribution < 1.29 is 4.39 Å². The number of hydrogen-bond donors (Lipinski definition) is 1. The predicted octanol–water partition coefficient (Wildman–Crippen LogP) is 1.56. The van der Waals surface area contributed by atoms with Crippen LogP contribution in [0.2, 0.25) is 0 Å². The quantitative estimate of drug-likeness (QED) is 0.683. The molecule has 98 valence electrons. The minimum atomic E-state index is -0.326. The molecule has 1 aromatic carbocycles. The van der Waals surface area contributed by atoms with Crippen LogP contribution in [-0.4, -0.2) is 21.3 Å². The summed E-state index contributed by atoms with van der Waals surface area (Å²) in [6.45, 7) is 0.220. The van der Waals surface area contributed by atoms with Crippen LogP contribution in [0.15, 0.2) is 29.7 Å². The molecule has 0 aliphatic heterocycles. The lowest BCUT2D eigenvalue weighted by atomic mass is 10.1. The SMILES string of the molecule is Cn1cnnc1SCc1ccc(F)c(C#CCN)c1. The highest BCUT2D eigenvalue weighted by Gasteiger charge is 2.05. The van der Waals surface area contributed by atoms with E-state index in [2.05, 4.69) is 22.0 Å². The Morgan fingerprint density at radius 2 is 2.32 bits per heavy atom. The average Bonchev–Trinajstić information content (AvgIpc) is 2.82. The monoisotopic (exact) mass is 276 g/mol. The van der Waals surface area contributed by atoms with Gasteiger partial charge in [-0.1, -0.05) is 29.7 Å². The fourth-order valence-electron chi connectivity index (χ4n) is 1.46. The first-order chi connectivity index (χ1) is 9.20. The van der Waals surface area contributed by atoms with Crippen molar-refractivity contribution in [1.29, 1.82) is 0 Å². The van der Waals surface area contributed by atoms with Crippen molar-refractivity contribution in [3.8, 4) is 11.8 Å². The van der Waals surface area contributed by atoms with Gasteiger partial charge >= 0.3 is 0 Å². The first kappa shape index (κ1) is 13.6. The zero-order chi connectivity index (χ0) is 13.7. The fourth-order valence-corrected chi connectivity index (χ4v) is 2.29. The Labute approximate surface area is 115 Å². The summed E-state index contributed by atoms with van der Waals surface area (Å²) in [6, 6.07) is 4.90. The lowest BCUT2D eigenvalue weighted by Gasteiger charge is -2.03. The molecule has 0 atom stereocenters. The van der Waals surface area contributed by atoms with E-state index in [1.165, 1.54) is 17.8 Å². The summed E-state index contributed by atoms with van der Waals surface area (Å²) in [4.78, 5) is 0. The summed E-state index contributed by atoms with van der Waals surface area (Å²) in [5.41, 5.74) is 6.64. The molecule has 0 spiro atoms. The molecule has 0 amide bonds. The van der Waals surface area contributed by atoms with E-state index >= 15 is 0 Å². The highest BCUT2D eigenvalue weighted by atomic mass is 32.2. The third-order valence-corrected chi connectivity index (χ3v) is 3.50. The fraction of sp³-hybridized carbons (Fsp3) is 0.231. The van der Waals surface area contributed by atoms with Gasteiger partial charge in [-0.15, -0.1) is 10.2 Å². The summed E-state index contributed by atoms with van der Waals surface area (Å²) in [5, 5.41) is 8.60. The second-order valence-corrected chi connectivity index (χ2v) is 4.78. The van der Waals surface area contributed by atoms with Crippen LogP contribution in [0.25, 0.3) is 0 Å². The second-order valence-electron chi connectivity index (χ2n) is 3.83. The molecule has 0 aliphatic rings. The summed E-state index contributed by atoms with van der Waals surface area (Å²) in [7, 11) is 1.88. The molecule has 0 aliphatic carbocycles. The maximum atomic E-state index is 13.5. The van der Waals surface area contributed by atoms with Gasteiger partial charge < -0.3 is 10.3 Å². The molecule has 0 saturated heterocycles. The van der Waals surface area contributed by atoms with Gasteiger partial charge in [0.2, 0.25) is 0 Å². The number of nitrogens with two attached hydrogens (primary N) is 1. The van der Waals surface area contributed by atoms with E-state index in [9.17, 15) is 4.39 Å². The zero-order valence-corrected chi connectivity index (χ0v) is 11.2. The molecule has 6 heteroatoms. The number of nitrogens with zero attached hydrogens (tertiary/aromatic N) is 3. The van der Waals surface area contributed by atoms with E-state index in [0.29, 0.717) is 11.3 Å². The standard InChI is InChI=1S/C13H13FN4S/c1-18-9-16-17-13(18)19-8-10-4-5-12(14)11(7-10)3-2-6-15/h4-5,7,9H,6,8,15H2,1H3. The molecule has 0 bridgehead atoms. The largest absolute Gasteiger partial charge is 0.320 e. The van der Waals surface area contributed by atoms with E-state index in [0.717, 1.165) is 10.7 Å². The lowest BCUT2D eigenvalue weighted by Crippen LogP contribution is -1.94. The number of rotatable bonds is 3. The van der Waals surface area contributed by atoms with Crippen molar-refractivity contribution >= 4 is 11.8 Å². The van der Waals surface area contributed by atoms with E-state index < -0.39 is 0 Å². The number of benzene rings is 1. The first-order valence-electron chi connectivity index (χ1n) is 5.65. The Morgan fingerprint density at radius 1 is 1.47 bits per heavy atom. The molecular formula is C13H13FN4S. The maximum Gasteiger partial charge on any atom is 0.191 e. The van der Waals surface area contributed by atoms with Crippen LogP contribution < -0.4 is 5.73 Å². The Kier molecular flexibility index (Phi) is 4.55. The van der Waals surface area contributed by atoms with Crippen LogP contribution in [-0.2, 0) is 12.8 Å². The van der Waals surface area contributed by atoms with Crippen LogP contribution in [0.3, 0.4) is 0 Å². The minimum Gasteiger partial charge on any atom is -0.320 e. The van der Waals surface area contributed by atoms with Crippen molar-refractivity contribution in [3.63, 3.8) is 0 Å². The molecule has 1 heterocycles. The molecule has 0 unspecified atom stereocenters. The van der Waals surface area contributed by atoms with Crippen molar-refractivity contribution in [2.45, 2.75) is 10.9 Å². The topological polar surface area (TPSA) is 56.7 Å². The highest BCUT2D eigenvalue weighted by Crippen LogP contribution is 2.21. The van der Waals surface area contributed by atoms with E-state index in [1.54, 1.807) is 18.5 Å². The van der Waals surface area contributed by atoms with Crippen LogP contribution in [0.5, 0.6) is 0 Å². The maximum absolute atomic E-state index is 13.5. The van der Waals surface area contributed by atoms with Crippen molar-refractivity contribution in [3.05, 3.63) is 41.5 Å². The summed E-state index contributed by atoms with van der Waals surface area (Å²) < 4.78 is 15.3. The van der Waals surface area contributed by atoms with E-state index in [-0.39, 0.29) is 12.4 Å². The molecule has 1 aromatic heterocycles. The van der Waals surface area contributed by atoms with Gasteiger partial charge in [0.1, 0.15) is 12.1 Å². The molecule has 2 rings (SSSR count). The third-order valence-electron chi connectivity index (χ3n) is 2.39. The molecule has 2 N–H and O–H groups in total. The molecule has 19 heavy (non-hydrogen) atoms. The molecule has 4 nitrogen and oxygen atoms in total. The number of aryl methyl sites for hydroxylation is 1. The van der Waals surface area contributed by atoms with Gasteiger partial charge in [0, 0.05) is 12.8 Å². The lowest BCUT2D eigenvalue weighted by molar-refractivity contribution is 0.624. The summed E-state index contributed by atoms with van der Waals surface area (Å²) in [6.07, 6.45) is 1.64. The van der Waals surface area contributed by atoms with Gasteiger partial charge in [-0.25, -0.2) is 4.39 Å². The Morgan fingerprint density at radius 3 is 3.00 bits per heavy atom. The Bertz CT molecular complexity index is 627. The first-order valence-corrected chi connectivity index (χ1v) is 6.63. The smallest absolute Gasteiger partial charge is 0.191 e. The van der Waals surface area contributed by atoms with Gasteiger partial charge in [-0.3, -0.25) is 0 Å². The summed E-state index contributed by atoms with van der Waals surface area (Å²) >= 11 is 1.54. The normalized spacial score (nSPS) is 10.1. The van der Waals surface area contributed by atoms with Gasteiger partial charge in [-0.2, -0.15) is 0 Å².